The molecule has 168 valence electrons. The van der Waals surface area contributed by atoms with Crippen LogP contribution in [0.15, 0.2) is 57.8 Å². The zero-order chi connectivity index (χ0) is 22.1. The Hall–Kier alpha value is -2.91. The van der Waals surface area contributed by atoms with E-state index in [1.54, 1.807) is 12.1 Å². The van der Waals surface area contributed by atoms with Crippen molar-refractivity contribution >= 4 is 33.0 Å². The molecule has 8 nitrogen and oxygen atoms in total. The number of nitrogens with one attached hydrogen (secondary N) is 1. The van der Waals surface area contributed by atoms with E-state index in [0.29, 0.717) is 31.2 Å². The van der Waals surface area contributed by atoms with Crippen molar-refractivity contribution in [3.63, 3.8) is 0 Å². The minimum absolute atomic E-state index is 0.0989. The molecule has 0 saturated carbocycles. The molecule has 1 amide bonds. The molecule has 1 N–H and O–H groups in total. The van der Waals surface area contributed by atoms with Crippen molar-refractivity contribution < 1.29 is 17.6 Å². The minimum atomic E-state index is -3.48. The van der Waals surface area contributed by atoms with Crippen LogP contribution in [-0.2, 0) is 10.0 Å². The maximum Gasteiger partial charge on any atom is 0.298 e. The van der Waals surface area contributed by atoms with E-state index < -0.39 is 10.0 Å². The Morgan fingerprint density at radius 3 is 2.53 bits per heavy atom. The smallest absolute Gasteiger partial charge is 0.298 e. The Bertz CT molecular complexity index is 1180. The van der Waals surface area contributed by atoms with Crippen molar-refractivity contribution in [3.05, 3.63) is 54.1 Å². The Morgan fingerprint density at radius 1 is 1.03 bits per heavy atom. The highest BCUT2D eigenvalue weighted by Gasteiger charge is 2.29. The number of amides is 1. The number of sulfonamides is 1. The number of fused-ring (bicyclic) bond motifs is 1. The first-order valence-corrected chi connectivity index (χ1v) is 12.5. The molecule has 1 aromatic heterocycles. The lowest BCUT2D eigenvalue weighted by Gasteiger charge is -2.23. The fourth-order valence-corrected chi connectivity index (χ4v) is 5.97. The van der Waals surface area contributed by atoms with Gasteiger partial charge in [0.05, 0.1) is 10.9 Å². The van der Waals surface area contributed by atoms with Gasteiger partial charge in [0.25, 0.3) is 11.9 Å². The summed E-state index contributed by atoms with van der Waals surface area (Å²) in [7, 11) is -3.48. The van der Waals surface area contributed by atoms with E-state index in [2.05, 4.69) is 15.2 Å². The number of carbonyl (C=O) groups excluding carboxylic acids is 1. The number of benzene rings is 2. The molecule has 9 heteroatoms. The molecule has 0 spiro atoms. The number of carbonyl (C=O) groups is 1. The molecule has 1 unspecified atom stereocenters. The predicted octanol–water partition coefficient (Wildman–Crippen LogP) is 3.01. The summed E-state index contributed by atoms with van der Waals surface area (Å²) in [5.74, 6) is -0.223. The van der Waals surface area contributed by atoms with Gasteiger partial charge >= 0.3 is 0 Å². The van der Waals surface area contributed by atoms with Gasteiger partial charge in [-0.25, -0.2) is 8.42 Å². The molecule has 32 heavy (non-hydrogen) atoms. The van der Waals surface area contributed by atoms with Crippen LogP contribution < -0.4 is 10.2 Å². The van der Waals surface area contributed by atoms with Gasteiger partial charge in [-0.15, -0.1) is 0 Å². The SMILES string of the molecule is O=C(NCC1CCCN1c1nc2ccccc2o1)c1ccc(S(=O)(=O)N2CCCC2)cc1. The molecule has 0 aliphatic carbocycles. The highest BCUT2D eigenvalue weighted by molar-refractivity contribution is 7.89. The van der Waals surface area contributed by atoms with Crippen molar-refractivity contribution in [1.82, 2.24) is 14.6 Å². The first-order chi connectivity index (χ1) is 15.5. The van der Waals surface area contributed by atoms with Gasteiger partial charge in [0.1, 0.15) is 5.52 Å². The van der Waals surface area contributed by atoms with E-state index in [1.807, 2.05) is 24.3 Å². The number of para-hydroxylation sites is 2. The second-order valence-corrected chi connectivity index (χ2v) is 10.2. The first kappa shape index (κ1) is 21.0. The molecule has 2 saturated heterocycles. The van der Waals surface area contributed by atoms with Crippen LogP contribution in [0.25, 0.3) is 11.1 Å². The number of hydrogen-bond acceptors (Lipinski definition) is 6. The number of nitrogens with zero attached hydrogens (tertiary/aromatic N) is 3. The topological polar surface area (TPSA) is 95.7 Å². The van der Waals surface area contributed by atoms with Crippen LogP contribution in [0.1, 0.15) is 36.0 Å². The quantitative estimate of drug-likeness (QED) is 0.615. The Labute approximate surface area is 187 Å². The van der Waals surface area contributed by atoms with E-state index in [9.17, 15) is 13.2 Å². The molecule has 2 aromatic carbocycles. The normalized spacial score (nSPS) is 19.6. The Balaban J connectivity index is 1.23. The lowest BCUT2D eigenvalue weighted by atomic mass is 10.2. The zero-order valence-electron chi connectivity index (χ0n) is 17.7. The Kier molecular flexibility index (Phi) is 5.60. The van der Waals surface area contributed by atoms with Crippen molar-refractivity contribution in [3.8, 4) is 0 Å². The minimum Gasteiger partial charge on any atom is -0.423 e. The first-order valence-electron chi connectivity index (χ1n) is 11.0. The molecule has 2 aliphatic heterocycles. The molecule has 0 radical (unpaired) electrons. The lowest BCUT2D eigenvalue weighted by Crippen LogP contribution is -2.40. The van der Waals surface area contributed by atoms with Gasteiger partial charge in [0, 0.05) is 31.7 Å². The average Bonchev–Trinajstić information content (AvgIpc) is 3.57. The Morgan fingerprint density at radius 2 is 1.78 bits per heavy atom. The van der Waals surface area contributed by atoms with Gasteiger partial charge in [-0.05, 0) is 62.1 Å². The summed E-state index contributed by atoms with van der Waals surface area (Å²) in [6.07, 6.45) is 3.72. The van der Waals surface area contributed by atoms with Crippen LogP contribution >= 0.6 is 0 Å². The number of rotatable bonds is 6. The highest BCUT2D eigenvalue weighted by Crippen LogP contribution is 2.28. The molecular formula is C23H26N4O4S. The second-order valence-electron chi connectivity index (χ2n) is 8.30. The van der Waals surface area contributed by atoms with E-state index in [0.717, 1.165) is 43.3 Å². The van der Waals surface area contributed by atoms with Gasteiger partial charge in [0.15, 0.2) is 5.58 Å². The van der Waals surface area contributed by atoms with Crippen molar-refractivity contribution in [2.75, 3.05) is 31.1 Å². The molecule has 1 atom stereocenters. The number of oxazole rings is 1. The van der Waals surface area contributed by atoms with Gasteiger partial charge in [-0.3, -0.25) is 4.79 Å². The number of aromatic nitrogens is 1. The van der Waals surface area contributed by atoms with Crippen molar-refractivity contribution in [1.29, 1.82) is 0 Å². The van der Waals surface area contributed by atoms with Gasteiger partial charge in [-0.1, -0.05) is 12.1 Å². The highest BCUT2D eigenvalue weighted by atomic mass is 32.2. The maximum atomic E-state index is 12.7. The van der Waals surface area contributed by atoms with Crippen LogP contribution in [0, 0.1) is 0 Å². The van der Waals surface area contributed by atoms with Crippen LogP contribution in [0.3, 0.4) is 0 Å². The summed E-state index contributed by atoms with van der Waals surface area (Å²) in [6, 6.07) is 14.5. The van der Waals surface area contributed by atoms with E-state index >= 15 is 0 Å². The third-order valence-corrected chi connectivity index (χ3v) is 8.14. The largest absolute Gasteiger partial charge is 0.423 e. The third-order valence-electron chi connectivity index (χ3n) is 6.22. The lowest BCUT2D eigenvalue weighted by molar-refractivity contribution is 0.0951. The standard InChI is InChI=1S/C23H26N4O4S/c28-22(17-9-11-19(12-10-17)32(29,30)26-13-3-4-14-26)24-16-18-6-5-15-27(18)23-25-20-7-1-2-8-21(20)31-23/h1-2,7-12,18H,3-6,13-16H2,(H,24,28). The molecule has 2 fully saturated rings. The molecule has 2 aliphatic rings. The third kappa shape index (κ3) is 3.98. The van der Waals surface area contributed by atoms with Crippen LogP contribution in [-0.4, -0.2) is 55.8 Å². The summed E-state index contributed by atoms with van der Waals surface area (Å²) >= 11 is 0. The summed E-state index contributed by atoms with van der Waals surface area (Å²) < 4.78 is 32.7. The molecule has 5 rings (SSSR count). The van der Waals surface area contributed by atoms with Gasteiger partial charge in [-0.2, -0.15) is 9.29 Å². The molecular weight excluding hydrogens is 428 g/mol. The maximum absolute atomic E-state index is 12.7. The summed E-state index contributed by atoms with van der Waals surface area (Å²) in [6.45, 7) is 2.41. The predicted molar refractivity (Wildman–Crippen MR) is 121 cm³/mol. The number of hydrogen-bond donors (Lipinski definition) is 1. The zero-order valence-corrected chi connectivity index (χ0v) is 18.6. The fourth-order valence-electron chi connectivity index (χ4n) is 4.45. The van der Waals surface area contributed by atoms with E-state index in [-0.39, 0.29) is 16.8 Å². The summed E-state index contributed by atoms with van der Waals surface area (Å²) in [5, 5.41) is 2.98. The van der Waals surface area contributed by atoms with Gasteiger partial charge in [0.2, 0.25) is 10.0 Å². The second kappa shape index (κ2) is 8.55. The van der Waals surface area contributed by atoms with E-state index in [1.165, 1.54) is 16.4 Å². The van der Waals surface area contributed by atoms with Crippen LogP contribution in [0.2, 0.25) is 0 Å². The number of anilines is 1. The summed E-state index contributed by atoms with van der Waals surface area (Å²) in [4.78, 5) is 19.6. The van der Waals surface area contributed by atoms with Crippen LogP contribution in [0.4, 0.5) is 6.01 Å². The van der Waals surface area contributed by atoms with Crippen LogP contribution in [0.5, 0.6) is 0 Å². The monoisotopic (exact) mass is 454 g/mol. The molecule has 3 heterocycles. The average molecular weight is 455 g/mol. The fraction of sp³-hybridized carbons (Fsp3) is 0.391. The van der Waals surface area contributed by atoms with E-state index in [4.69, 9.17) is 4.42 Å². The molecule has 3 aromatic rings. The van der Waals surface area contributed by atoms with Crippen molar-refractivity contribution in [2.24, 2.45) is 0 Å². The van der Waals surface area contributed by atoms with Crippen molar-refractivity contribution in [2.45, 2.75) is 36.6 Å². The van der Waals surface area contributed by atoms with Gasteiger partial charge < -0.3 is 14.6 Å². The summed E-state index contributed by atoms with van der Waals surface area (Å²) in [5.41, 5.74) is 2.01. The molecule has 0 bridgehead atoms.